The van der Waals surface area contributed by atoms with Crippen LogP contribution in [0.2, 0.25) is 0 Å². The fraction of sp³-hybridized carbons (Fsp3) is 0.250. The molecule has 0 bridgehead atoms. The van der Waals surface area contributed by atoms with Gasteiger partial charge in [0.25, 0.3) is 11.1 Å². The van der Waals surface area contributed by atoms with E-state index in [1.807, 2.05) is 24.5 Å². The normalized spacial score (nSPS) is 12.0. The second-order valence-corrected chi connectivity index (χ2v) is 9.40. The smallest absolute Gasteiger partial charge is 0.268 e. The SMILES string of the molecule is CSc1ccc(C=C(C#N)C(=O)Nc2nc(S(=O)(=O)C(C)C)ns2)cc1. The van der Waals surface area contributed by atoms with Gasteiger partial charge >= 0.3 is 0 Å². The van der Waals surface area contributed by atoms with Crippen LogP contribution in [0.3, 0.4) is 0 Å². The molecule has 10 heteroatoms. The van der Waals surface area contributed by atoms with Crippen molar-refractivity contribution in [3.63, 3.8) is 0 Å². The molecule has 136 valence electrons. The summed E-state index contributed by atoms with van der Waals surface area (Å²) in [5.41, 5.74) is 0.584. The average molecular weight is 409 g/mol. The first-order valence-corrected chi connectivity index (χ1v) is 11.0. The zero-order valence-corrected chi connectivity index (χ0v) is 16.7. The molecule has 1 aromatic heterocycles. The number of benzene rings is 1. The van der Waals surface area contributed by atoms with Crippen LogP contribution in [0.15, 0.2) is 39.9 Å². The number of aromatic nitrogens is 2. The highest BCUT2D eigenvalue weighted by Crippen LogP contribution is 2.20. The number of thioether (sulfide) groups is 1. The van der Waals surface area contributed by atoms with Gasteiger partial charge < -0.3 is 0 Å². The van der Waals surface area contributed by atoms with E-state index in [0.29, 0.717) is 5.56 Å². The minimum absolute atomic E-state index is 0.0214. The van der Waals surface area contributed by atoms with Gasteiger partial charge in [-0.1, -0.05) is 12.1 Å². The van der Waals surface area contributed by atoms with E-state index in [2.05, 4.69) is 14.7 Å². The number of amides is 1. The molecular formula is C16H16N4O3S3. The Balaban J connectivity index is 2.18. The molecule has 2 rings (SSSR count). The first kappa shape index (κ1) is 20.1. The molecule has 0 unspecified atom stereocenters. The number of carbonyl (C=O) groups excluding carboxylic acids is 1. The van der Waals surface area contributed by atoms with Gasteiger partial charge in [0.15, 0.2) is 0 Å². The molecule has 1 amide bonds. The number of anilines is 1. The van der Waals surface area contributed by atoms with Crippen LogP contribution in [0.25, 0.3) is 6.08 Å². The number of nitrogens with one attached hydrogen (secondary N) is 1. The van der Waals surface area contributed by atoms with Gasteiger partial charge in [0.1, 0.15) is 11.6 Å². The molecule has 0 radical (unpaired) electrons. The largest absolute Gasteiger partial charge is 0.296 e. The number of rotatable bonds is 6. The van der Waals surface area contributed by atoms with Crippen molar-refractivity contribution in [2.75, 3.05) is 11.6 Å². The highest BCUT2D eigenvalue weighted by Gasteiger charge is 2.25. The van der Waals surface area contributed by atoms with Crippen molar-refractivity contribution in [2.24, 2.45) is 0 Å². The minimum atomic E-state index is -3.62. The molecule has 0 fully saturated rings. The summed E-state index contributed by atoms with van der Waals surface area (Å²) in [4.78, 5) is 17.2. The van der Waals surface area contributed by atoms with Crippen molar-refractivity contribution in [3.05, 3.63) is 35.4 Å². The van der Waals surface area contributed by atoms with Crippen LogP contribution in [-0.2, 0) is 14.6 Å². The van der Waals surface area contributed by atoms with E-state index in [1.165, 1.54) is 19.9 Å². The molecule has 1 aromatic carbocycles. The Bertz CT molecular complexity index is 971. The maximum Gasteiger partial charge on any atom is 0.268 e. The number of hydrogen-bond acceptors (Lipinski definition) is 8. The number of nitrogens with zero attached hydrogens (tertiary/aromatic N) is 3. The van der Waals surface area contributed by atoms with Gasteiger partial charge in [0.05, 0.1) is 5.25 Å². The second-order valence-electron chi connectivity index (χ2n) is 5.37. The summed E-state index contributed by atoms with van der Waals surface area (Å²) >= 11 is 2.34. The van der Waals surface area contributed by atoms with Crippen molar-refractivity contribution in [2.45, 2.75) is 29.1 Å². The molecule has 1 N–H and O–H groups in total. The number of nitriles is 1. The summed E-state index contributed by atoms with van der Waals surface area (Å²) in [5.74, 6) is -0.675. The van der Waals surface area contributed by atoms with Crippen LogP contribution in [-0.4, -0.2) is 35.2 Å². The van der Waals surface area contributed by atoms with Crippen molar-refractivity contribution in [1.82, 2.24) is 9.36 Å². The van der Waals surface area contributed by atoms with E-state index in [4.69, 9.17) is 0 Å². The number of sulfone groups is 1. The van der Waals surface area contributed by atoms with Crippen molar-refractivity contribution in [1.29, 1.82) is 5.26 Å². The Morgan fingerprint density at radius 3 is 2.54 bits per heavy atom. The maximum atomic E-state index is 12.2. The third kappa shape index (κ3) is 4.69. The zero-order chi connectivity index (χ0) is 19.3. The molecule has 2 aromatic rings. The van der Waals surface area contributed by atoms with E-state index in [0.717, 1.165) is 16.4 Å². The van der Waals surface area contributed by atoms with E-state index in [9.17, 15) is 18.5 Å². The molecule has 0 saturated carbocycles. The lowest BCUT2D eigenvalue weighted by atomic mass is 10.1. The topological polar surface area (TPSA) is 113 Å². The van der Waals surface area contributed by atoms with Crippen molar-refractivity contribution >= 4 is 50.2 Å². The molecular weight excluding hydrogens is 392 g/mol. The summed E-state index contributed by atoms with van der Waals surface area (Å²) in [6.07, 6.45) is 3.40. The van der Waals surface area contributed by atoms with E-state index in [-0.39, 0.29) is 15.9 Å². The van der Waals surface area contributed by atoms with Crippen LogP contribution in [0.5, 0.6) is 0 Å². The van der Waals surface area contributed by atoms with E-state index < -0.39 is 21.0 Å². The molecule has 0 aliphatic heterocycles. The second kappa shape index (κ2) is 8.44. The average Bonchev–Trinajstić information content (AvgIpc) is 3.09. The molecule has 0 spiro atoms. The molecule has 7 nitrogen and oxygen atoms in total. The molecule has 0 atom stereocenters. The van der Waals surface area contributed by atoms with Crippen LogP contribution < -0.4 is 5.32 Å². The van der Waals surface area contributed by atoms with Crippen LogP contribution in [0.1, 0.15) is 19.4 Å². The van der Waals surface area contributed by atoms with Crippen LogP contribution in [0.4, 0.5) is 5.13 Å². The van der Waals surface area contributed by atoms with Gasteiger partial charge in [0.2, 0.25) is 15.0 Å². The Hall–Kier alpha value is -2.22. The van der Waals surface area contributed by atoms with Crippen molar-refractivity contribution in [3.8, 4) is 6.07 Å². The summed E-state index contributed by atoms with van der Waals surface area (Å²) < 4.78 is 27.8. The Morgan fingerprint density at radius 1 is 1.35 bits per heavy atom. The number of hydrogen-bond donors (Lipinski definition) is 1. The predicted molar refractivity (Wildman–Crippen MR) is 103 cm³/mol. The molecule has 0 aliphatic rings. The van der Waals surface area contributed by atoms with Gasteiger partial charge in [-0.15, -0.1) is 11.8 Å². The lowest BCUT2D eigenvalue weighted by molar-refractivity contribution is -0.112. The molecule has 0 saturated heterocycles. The third-order valence-electron chi connectivity index (χ3n) is 3.29. The first-order valence-electron chi connectivity index (χ1n) is 7.42. The lowest BCUT2D eigenvalue weighted by Gasteiger charge is -2.02. The van der Waals surface area contributed by atoms with Crippen molar-refractivity contribution < 1.29 is 13.2 Å². The quantitative estimate of drug-likeness (QED) is 0.444. The van der Waals surface area contributed by atoms with Gasteiger partial charge in [-0.2, -0.15) is 14.6 Å². The van der Waals surface area contributed by atoms with Gasteiger partial charge in [-0.25, -0.2) is 8.42 Å². The summed E-state index contributed by atoms with van der Waals surface area (Å²) in [6, 6.07) is 9.21. The molecule has 0 aliphatic carbocycles. The van der Waals surface area contributed by atoms with Gasteiger partial charge in [0, 0.05) is 16.4 Å². The highest BCUT2D eigenvalue weighted by molar-refractivity contribution is 7.98. The monoisotopic (exact) mass is 408 g/mol. The predicted octanol–water partition coefficient (Wildman–Crippen LogP) is 2.99. The minimum Gasteiger partial charge on any atom is -0.296 e. The van der Waals surface area contributed by atoms with E-state index in [1.54, 1.807) is 23.9 Å². The standard InChI is InChI=1S/C16H16N4O3S3/c1-10(2)26(22,23)16-19-15(25-20-16)18-14(21)12(9-17)8-11-4-6-13(24-3)7-5-11/h4-8,10H,1-3H3,(H,18,19,20,21). The summed E-state index contributed by atoms with van der Waals surface area (Å²) in [5, 5.41) is 10.7. The highest BCUT2D eigenvalue weighted by atomic mass is 32.2. The van der Waals surface area contributed by atoms with Crippen LogP contribution in [0, 0.1) is 11.3 Å². The third-order valence-corrected chi connectivity index (χ3v) is 6.72. The molecule has 26 heavy (non-hydrogen) atoms. The zero-order valence-electron chi connectivity index (χ0n) is 14.3. The molecule has 1 heterocycles. The summed E-state index contributed by atoms with van der Waals surface area (Å²) in [7, 11) is -3.62. The maximum absolute atomic E-state index is 12.2. The Morgan fingerprint density at radius 2 is 2.00 bits per heavy atom. The number of carbonyl (C=O) groups is 1. The van der Waals surface area contributed by atoms with E-state index >= 15 is 0 Å². The Kier molecular flexibility index (Phi) is 6.52. The van der Waals surface area contributed by atoms with Gasteiger partial charge in [-0.05, 0) is 43.9 Å². The fourth-order valence-electron chi connectivity index (χ4n) is 1.77. The first-order chi connectivity index (χ1) is 12.3. The Labute approximate surface area is 160 Å². The van der Waals surface area contributed by atoms with Gasteiger partial charge in [-0.3, -0.25) is 10.1 Å². The fourth-order valence-corrected chi connectivity index (χ4v) is 3.87. The lowest BCUT2D eigenvalue weighted by Crippen LogP contribution is -2.16. The van der Waals surface area contributed by atoms with Crippen LogP contribution >= 0.6 is 23.3 Å². The summed E-state index contributed by atoms with van der Waals surface area (Å²) in [6.45, 7) is 3.04.